The van der Waals surface area contributed by atoms with Gasteiger partial charge in [-0.2, -0.15) is 0 Å². The van der Waals surface area contributed by atoms with E-state index in [0.717, 1.165) is 12.2 Å². The first-order valence-electron chi connectivity index (χ1n) is 8.90. The molecule has 0 bridgehead atoms. The van der Waals surface area contributed by atoms with Gasteiger partial charge in [0.1, 0.15) is 11.5 Å². The number of carbonyl (C=O) groups excluding carboxylic acids is 2. The molecule has 3 rings (SSSR count). The lowest BCUT2D eigenvalue weighted by Gasteiger charge is -2.13. The number of furan rings is 1. The number of benzene rings is 1. The van der Waals surface area contributed by atoms with Crippen LogP contribution in [0.15, 0.2) is 34.8 Å². The van der Waals surface area contributed by atoms with Crippen LogP contribution in [0.3, 0.4) is 0 Å². The molecule has 1 fully saturated rings. The quantitative estimate of drug-likeness (QED) is 0.575. The van der Waals surface area contributed by atoms with Gasteiger partial charge in [0.05, 0.1) is 32.6 Å². The molecule has 0 radical (unpaired) electrons. The number of ether oxygens (including phenoxy) is 3. The molecule has 1 aromatic carbocycles. The van der Waals surface area contributed by atoms with Gasteiger partial charge in [-0.3, -0.25) is 4.79 Å². The molecule has 1 N–H and O–H groups in total. The molecule has 0 unspecified atom stereocenters. The molecule has 0 spiro atoms. The highest BCUT2D eigenvalue weighted by Crippen LogP contribution is 2.47. The van der Waals surface area contributed by atoms with Gasteiger partial charge in [0.15, 0.2) is 11.5 Å². The van der Waals surface area contributed by atoms with E-state index >= 15 is 0 Å². The van der Waals surface area contributed by atoms with Crippen molar-refractivity contribution in [2.75, 3.05) is 26.6 Å². The number of anilines is 1. The second kappa shape index (κ2) is 8.21. The standard InChI is InChI=1S/C21H23NO6/c1-12-9-14(12)17-7-5-13(28-17)6-8-20(23)22-16-11-19(26-3)18(25-2)10-15(16)21(24)27-4/h5-8,10-12,14H,9H2,1-4H3,(H,22,23)/b8-6+/t12-,14+/m0/s1. The predicted octanol–water partition coefficient (Wildman–Crippen LogP) is 3.86. The van der Waals surface area contributed by atoms with E-state index in [4.69, 9.17) is 18.6 Å². The molecule has 2 atom stereocenters. The van der Waals surface area contributed by atoms with Crippen LogP contribution in [0.2, 0.25) is 0 Å². The Hall–Kier alpha value is -3.22. The van der Waals surface area contributed by atoms with Crippen LogP contribution >= 0.6 is 0 Å². The Morgan fingerprint density at radius 2 is 1.82 bits per heavy atom. The van der Waals surface area contributed by atoms with Gasteiger partial charge < -0.3 is 23.9 Å². The summed E-state index contributed by atoms with van der Waals surface area (Å²) < 4.78 is 21.0. The number of carbonyl (C=O) groups is 2. The Morgan fingerprint density at radius 3 is 2.43 bits per heavy atom. The van der Waals surface area contributed by atoms with Crippen molar-refractivity contribution in [2.45, 2.75) is 19.3 Å². The highest BCUT2D eigenvalue weighted by atomic mass is 16.5. The minimum Gasteiger partial charge on any atom is -0.493 e. The Kier molecular flexibility index (Phi) is 5.73. The lowest BCUT2D eigenvalue weighted by molar-refractivity contribution is -0.111. The first-order valence-corrected chi connectivity index (χ1v) is 8.90. The van der Waals surface area contributed by atoms with Crippen LogP contribution in [-0.4, -0.2) is 33.2 Å². The average Bonchev–Trinajstić information content (AvgIpc) is 3.24. The van der Waals surface area contributed by atoms with Crippen LogP contribution in [0, 0.1) is 5.92 Å². The topological polar surface area (TPSA) is 87.0 Å². The van der Waals surface area contributed by atoms with Crippen molar-refractivity contribution >= 4 is 23.6 Å². The smallest absolute Gasteiger partial charge is 0.340 e. The molecular weight excluding hydrogens is 362 g/mol. The van der Waals surface area contributed by atoms with E-state index in [0.29, 0.717) is 29.1 Å². The fourth-order valence-electron chi connectivity index (χ4n) is 2.97. The number of nitrogens with one attached hydrogen (secondary N) is 1. The van der Waals surface area contributed by atoms with E-state index in [1.807, 2.05) is 12.1 Å². The molecular formula is C21H23NO6. The molecule has 28 heavy (non-hydrogen) atoms. The molecule has 7 nitrogen and oxygen atoms in total. The second-order valence-corrected chi connectivity index (χ2v) is 6.63. The largest absolute Gasteiger partial charge is 0.493 e. The normalized spacial score (nSPS) is 18.0. The third kappa shape index (κ3) is 4.19. The van der Waals surface area contributed by atoms with Gasteiger partial charge in [0, 0.05) is 24.1 Å². The maximum Gasteiger partial charge on any atom is 0.340 e. The van der Waals surface area contributed by atoms with Crippen LogP contribution in [0.1, 0.15) is 41.1 Å². The molecule has 1 heterocycles. The molecule has 0 aliphatic heterocycles. The molecule has 1 amide bonds. The van der Waals surface area contributed by atoms with E-state index in [1.165, 1.54) is 39.5 Å². The van der Waals surface area contributed by atoms with Crippen molar-refractivity contribution in [1.82, 2.24) is 0 Å². The Balaban J connectivity index is 1.76. The molecule has 1 aliphatic carbocycles. The zero-order valence-corrected chi connectivity index (χ0v) is 16.3. The van der Waals surface area contributed by atoms with E-state index in [9.17, 15) is 9.59 Å². The van der Waals surface area contributed by atoms with E-state index in [1.54, 1.807) is 6.08 Å². The number of esters is 1. The zero-order chi connectivity index (χ0) is 20.3. The SMILES string of the molecule is COC(=O)c1cc(OC)c(OC)cc1NC(=O)/C=C/c1ccc([C@@H]2C[C@@H]2C)o1. The van der Waals surface area contributed by atoms with E-state index < -0.39 is 11.9 Å². The number of hydrogen-bond acceptors (Lipinski definition) is 6. The van der Waals surface area contributed by atoms with Gasteiger partial charge in [-0.15, -0.1) is 0 Å². The fourth-order valence-corrected chi connectivity index (χ4v) is 2.97. The molecule has 0 saturated heterocycles. The molecule has 1 aliphatic rings. The zero-order valence-electron chi connectivity index (χ0n) is 16.3. The highest BCUT2D eigenvalue weighted by Gasteiger charge is 2.36. The van der Waals surface area contributed by atoms with Gasteiger partial charge in [-0.05, 0) is 30.5 Å². The van der Waals surface area contributed by atoms with Gasteiger partial charge in [-0.1, -0.05) is 6.92 Å². The van der Waals surface area contributed by atoms with Crippen LogP contribution in [0.5, 0.6) is 11.5 Å². The molecule has 7 heteroatoms. The molecule has 1 saturated carbocycles. The first kappa shape index (κ1) is 19.5. The second-order valence-electron chi connectivity index (χ2n) is 6.63. The van der Waals surface area contributed by atoms with Crippen LogP contribution in [0.4, 0.5) is 5.69 Å². The van der Waals surface area contributed by atoms with Crippen molar-refractivity contribution in [2.24, 2.45) is 5.92 Å². The Labute approximate surface area is 163 Å². The van der Waals surface area contributed by atoms with Crippen molar-refractivity contribution < 1.29 is 28.2 Å². The third-order valence-corrected chi connectivity index (χ3v) is 4.71. The summed E-state index contributed by atoms with van der Waals surface area (Å²) in [6.45, 7) is 2.18. The van der Waals surface area contributed by atoms with Gasteiger partial charge >= 0.3 is 5.97 Å². The molecule has 2 aromatic rings. The number of amides is 1. The maximum atomic E-state index is 12.3. The van der Waals surface area contributed by atoms with Gasteiger partial charge in [0.25, 0.3) is 0 Å². The average molecular weight is 385 g/mol. The fraction of sp³-hybridized carbons (Fsp3) is 0.333. The third-order valence-electron chi connectivity index (χ3n) is 4.71. The van der Waals surface area contributed by atoms with Gasteiger partial charge in [0.2, 0.25) is 5.91 Å². The maximum absolute atomic E-state index is 12.3. The summed E-state index contributed by atoms with van der Waals surface area (Å²) in [5.74, 6) is 2.38. The van der Waals surface area contributed by atoms with Crippen LogP contribution in [0.25, 0.3) is 6.08 Å². The van der Waals surface area contributed by atoms with Crippen LogP contribution < -0.4 is 14.8 Å². The lowest BCUT2D eigenvalue weighted by Crippen LogP contribution is -2.13. The minimum absolute atomic E-state index is 0.157. The van der Waals surface area contributed by atoms with Crippen LogP contribution in [-0.2, 0) is 9.53 Å². The van der Waals surface area contributed by atoms with E-state index in [-0.39, 0.29) is 11.3 Å². The predicted molar refractivity (Wildman–Crippen MR) is 104 cm³/mol. The first-order chi connectivity index (χ1) is 13.5. The molecule has 1 aromatic heterocycles. The minimum atomic E-state index is -0.602. The van der Waals surface area contributed by atoms with Crippen molar-refractivity contribution in [3.05, 3.63) is 47.4 Å². The summed E-state index contributed by atoms with van der Waals surface area (Å²) in [4.78, 5) is 24.4. The summed E-state index contributed by atoms with van der Waals surface area (Å²) in [6.07, 6.45) is 4.06. The number of rotatable bonds is 7. The lowest BCUT2D eigenvalue weighted by atomic mass is 10.1. The van der Waals surface area contributed by atoms with E-state index in [2.05, 4.69) is 12.2 Å². The summed E-state index contributed by atoms with van der Waals surface area (Å²) in [6, 6.07) is 6.74. The van der Waals surface area contributed by atoms with Crippen molar-refractivity contribution in [1.29, 1.82) is 0 Å². The highest BCUT2D eigenvalue weighted by molar-refractivity contribution is 6.06. The number of hydrogen-bond donors (Lipinski definition) is 1. The summed E-state index contributed by atoms with van der Waals surface area (Å²) in [5, 5.41) is 2.67. The van der Waals surface area contributed by atoms with Crippen molar-refractivity contribution in [3.8, 4) is 11.5 Å². The summed E-state index contributed by atoms with van der Waals surface area (Å²) in [7, 11) is 4.19. The summed E-state index contributed by atoms with van der Waals surface area (Å²) in [5.41, 5.74) is 0.413. The van der Waals surface area contributed by atoms with Gasteiger partial charge in [-0.25, -0.2) is 4.79 Å². The Morgan fingerprint density at radius 1 is 1.14 bits per heavy atom. The monoisotopic (exact) mass is 385 g/mol. The van der Waals surface area contributed by atoms with Crippen molar-refractivity contribution in [3.63, 3.8) is 0 Å². The number of methoxy groups -OCH3 is 3. The summed E-state index contributed by atoms with van der Waals surface area (Å²) >= 11 is 0. The molecule has 148 valence electrons. The Bertz CT molecular complexity index is 914.